The summed E-state index contributed by atoms with van der Waals surface area (Å²) in [7, 11) is 0. The number of hydrogen-bond donors (Lipinski definition) is 2. The van der Waals surface area contributed by atoms with E-state index in [0.717, 1.165) is 0 Å². The van der Waals surface area contributed by atoms with Crippen LogP contribution in [0.2, 0.25) is 0 Å². The smallest absolute Gasteiger partial charge is 0.409 e. The molecule has 188 valence electrons. The zero-order chi connectivity index (χ0) is 26.5. The van der Waals surface area contributed by atoms with Crippen LogP contribution in [0.1, 0.15) is 44.5 Å². The Morgan fingerprint density at radius 3 is 2.44 bits per heavy atom. The number of carbonyl (C=O) groups is 2. The van der Waals surface area contributed by atoms with Crippen LogP contribution in [0.5, 0.6) is 0 Å². The van der Waals surface area contributed by atoms with Gasteiger partial charge in [-0.25, -0.2) is 18.7 Å². The van der Waals surface area contributed by atoms with Crippen LogP contribution in [0, 0.1) is 24.6 Å². The lowest BCUT2D eigenvalue weighted by molar-refractivity contribution is -0.149. The first-order valence-electron chi connectivity index (χ1n) is 11.3. The quantitative estimate of drug-likeness (QED) is 0.408. The molecule has 9 heteroatoms. The molecular weight excluding hydrogens is 463 g/mol. The summed E-state index contributed by atoms with van der Waals surface area (Å²) in [6.07, 6.45) is -0.921. The molecule has 1 amide bonds. The Hall–Kier alpha value is -4.32. The molecule has 0 aliphatic carbocycles. The molecule has 0 fully saturated rings. The number of rotatable bonds is 5. The lowest BCUT2D eigenvalue weighted by Gasteiger charge is -2.29. The topological polar surface area (TPSA) is 108 Å². The molecule has 0 aliphatic heterocycles. The molecule has 0 saturated carbocycles. The van der Waals surface area contributed by atoms with E-state index in [-0.39, 0.29) is 23.6 Å². The monoisotopic (exact) mass is 492 g/mol. The number of carbonyl (C=O) groups excluding carboxylic acids is 2. The Morgan fingerprint density at radius 2 is 1.83 bits per heavy atom. The SMILES string of the molecule is CCOC(=O)[C@@](C#Cc1cccc(F)c1)(NC(=O)OC(C)(C)C)c1c(C)nn(-c2ccccc2)c1N. The van der Waals surface area contributed by atoms with Crippen LogP contribution in [-0.2, 0) is 19.8 Å². The van der Waals surface area contributed by atoms with Gasteiger partial charge in [0.25, 0.3) is 0 Å². The van der Waals surface area contributed by atoms with Crippen LogP contribution in [0.15, 0.2) is 54.6 Å². The van der Waals surface area contributed by atoms with Crippen LogP contribution < -0.4 is 11.1 Å². The van der Waals surface area contributed by atoms with E-state index in [4.69, 9.17) is 15.2 Å². The number of nitrogen functional groups attached to an aromatic ring is 1. The number of aryl methyl sites for hydroxylation is 1. The summed E-state index contributed by atoms with van der Waals surface area (Å²) in [6.45, 7) is 8.32. The van der Waals surface area contributed by atoms with Gasteiger partial charge in [-0.3, -0.25) is 5.32 Å². The number of nitrogens with one attached hydrogen (secondary N) is 1. The zero-order valence-corrected chi connectivity index (χ0v) is 20.9. The van der Waals surface area contributed by atoms with Gasteiger partial charge in [-0.2, -0.15) is 5.10 Å². The second kappa shape index (κ2) is 10.5. The van der Waals surface area contributed by atoms with Crippen molar-refractivity contribution in [2.24, 2.45) is 0 Å². The van der Waals surface area contributed by atoms with Crippen molar-refractivity contribution in [3.05, 3.63) is 77.2 Å². The number of esters is 1. The summed E-state index contributed by atoms with van der Waals surface area (Å²) in [4.78, 5) is 26.5. The van der Waals surface area contributed by atoms with Crippen molar-refractivity contribution in [1.29, 1.82) is 0 Å². The molecule has 2 aromatic carbocycles. The number of hydrogen-bond acceptors (Lipinski definition) is 6. The molecule has 0 radical (unpaired) electrons. The van der Waals surface area contributed by atoms with Gasteiger partial charge in [0.05, 0.1) is 23.6 Å². The maximum Gasteiger partial charge on any atom is 0.409 e. The van der Waals surface area contributed by atoms with E-state index in [2.05, 4.69) is 22.3 Å². The first-order valence-corrected chi connectivity index (χ1v) is 11.3. The highest BCUT2D eigenvalue weighted by Crippen LogP contribution is 2.33. The van der Waals surface area contributed by atoms with Gasteiger partial charge in [0.15, 0.2) is 0 Å². The van der Waals surface area contributed by atoms with E-state index >= 15 is 0 Å². The minimum absolute atomic E-state index is 0.00397. The summed E-state index contributed by atoms with van der Waals surface area (Å²) >= 11 is 0. The van der Waals surface area contributed by atoms with Gasteiger partial charge in [0.2, 0.25) is 5.54 Å². The number of alkyl carbamates (subject to hydrolysis) is 1. The van der Waals surface area contributed by atoms with Crippen molar-refractivity contribution in [2.45, 2.75) is 45.8 Å². The third-order valence-corrected chi connectivity index (χ3v) is 4.96. The van der Waals surface area contributed by atoms with Crippen molar-refractivity contribution >= 4 is 17.9 Å². The van der Waals surface area contributed by atoms with E-state index in [1.165, 1.54) is 22.9 Å². The molecular formula is C27H29FN4O4. The summed E-state index contributed by atoms with van der Waals surface area (Å²) in [5.74, 6) is 4.26. The van der Waals surface area contributed by atoms with E-state index < -0.39 is 29.0 Å². The van der Waals surface area contributed by atoms with Gasteiger partial charge < -0.3 is 15.2 Å². The summed E-state index contributed by atoms with van der Waals surface area (Å²) in [5.41, 5.74) is 4.92. The molecule has 1 atom stereocenters. The standard InChI is InChI=1S/C27H29FN4O4/c1-6-35-24(33)27(30-25(34)36-26(3,4)5,16-15-19-11-10-12-20(28)17-19)22-18(2)31-32(23(22)29)21-13-8-7-9-14-21/h7-14,17H,6,29H2,1-5H3,(H,30,34)/t27-/m0/s1. The average Bonchev–Trinajstić information content (AvgIpc) is 3.10. The molecule has 1 heterocycles. The van der Waals surface area contributed by atoms with Crippen LogP contribution in [0.4, 0.5) is 15.0 Å². The molecule has 0 unspecified atom stereocenters. The molecule has 8 nitrogen and oxygen atoms in total. The maximum atomic E-state index is 13.8. The summed E-state index contributed by atoms with van der Waals surface area (Å²) in [5, 5.41) is 7.09. The third kappa shape index (κ3) is 5.84. The second-order valence-corrected chi connectivity index (χ2v) is 8.95. The van der Waals surface area contributed by atoms with Gasteiger partial charge in [-0.1, -0.05) is 36.1 Å². The van der Waals surface area contributed by atoms with Crippen LogP contribution in [0.25, 0.3) is 5.69 Å². The lowest BCUT2D eigenvalue weighted by Crippen LogP contribution is -2.53. The Bertz CT molecular complexity index is 1320. The minimum Gasteiger partial charge on any atom is -0.463 e. The van der Waals surface area contributed by atoms with Gasteiger partial charge in [-0.05, 0) is 65.0 Å². The number of benzene rings is 2. The number of nitrogens with zero attached hydrogens (tertiary/aromatic N) is 2. The van der Waals surface area contributed by atoms with Gasteiger partial charge in [-0.15, -0.1) is 0 Å². The van der Waals surface area contributed by atoms with Gasteiger partial charge in [0, 0.05) is 5.56 Å². The number of para-hydroxylation sites is 1. The highest BCUT2D eigenvalue weighted by atomic mass is 19.1. The number of halogens is 1. The van der Waals surface area contributed by atoms with Crippen molar-refractivity contribution in [1.82, 2.24) is 15.1 Å². The summed E-state index contributed by atoms with van der Waals surface area (Å²) < 4.78 is 26.0. The first kappa shape index (κ1) is 26.3. The molecule has 0 spiro atoms. The van der Waals surface area contributed by atoms with Gasteiger partial charge in [0.1, 0.15) is 17.2 Å². The largest absolute Gasteiger partial charge is 0.463 e. The first-order chi connectivity index (χ1) is 17.0. The number of amides is 1. The van der Waals surface area contributed by atoms with E-state index in [0.29, 0.717) is 11.4 Å². The Kier molecular flexibility index (Phi) is 7.68. The highest BCUT2D eigenvalue weighted by molar-refractivity contribution is 5.93. The van der Waals surface area contributed by atoms with Crippen molar-refractivity contribution in [3.8, 4) is 17.5 Å². The molecule has 0 aliphatic rings. The number of ether oxygens (including phenoxy) is 2. The van der Waals surface area contributed by atoms with Crippen molar-refractivity contribution in [2.75, 3.05) is 12.3 Å². The molecule has 36 heavy (non-hydrogen) atoms. The Morgan fingerprint density at radius 1 is 1.14 bits per heavy atom. The fourth-order valence-corrected chi connectivity index (χ4v) is 3.56. The van der Waals surface area contributed by atoms with Gasteiger partial charge >= 0.3 is 12.1 Å². The number of nitrogens with two attached hydrogens (primary N) is 1. The molecule has 1 aromatic heterocycles. The van der Waals surface area contributed by atoms with Crippen molar-refractivity contribution < 1.29 is 23.5 Å². The number of anilines is 1. The molecule has 0 saturated heterocycles. The Labute approximate surface area is 209 Å². The fourth-order valence-electron chi connectivity index (χ4n) is 3.56. The third-order valence-electron chi connectivity index (χ3n) is 4.96. The average molecular weight is 493 g/mol. The minimum atomic E-state index is -2.11. The van der Waals surface area contributed by atoms with Crippen LogP contribution in [0.3, 0.4) is 0 Å². The fraction of sp³-hybridized carbons (Fsp3) is 0.296. The van der Waals surface area contributed by atoms with E-state index in [1.54, 1.807) is 52.8 Å². The van der Waals surface area contributed by atoms with Crippen LogP contribution in [-0.4, -0.2) is 34.1 Å². The molecule has 3 aromatic rings. The van der Waals surface area contributed by atoms with E-state index in [9.17, 15) is 14.0 Å². The molecule has 0 bridgehead atoms. The second-order valence-electron chi connectivity index (χ2n) is 8.95. The predicted octanol–water partition coefficient (Wildman–Crippen LogP) is 4.24. The van der Waals surface area contributed by atoms with Crippen LogP contribution >= 0.6 is 0 Å². The predicted molar refractivity (Wildman–Crippen MR) is 134 cm³/mol. The normalized spacial score (nSPS) is 12.6. The number of aromatic nitrogens is 2. The lowest BCUT2D eigenvalue weighted by atomic mass is 9.89. The Balaban J connectivity index is 2.29. The summed E-state index contributed by atoms with van der Waals surface area (Å²) in [6, 6.07) is 14.6. The highest BCUT2D eigenvalue weighted by Gasteiger charge is 2.48. The zero-order valence-electron chi connectivity index (χ0n) is 20.9. The van der Waals surface area contributed by atoms with Crippen molar-refractivity contribution in [3.63, 3.8) is 0 Å². The molecule has 3 N–H and O–H groups in total. The molecule has 3 rings (SSSR count). The maximum absolute atomic E-state index is 13.8. The van der Waals surface area contributed by atoms with E-state index in [1.807, 2.05) is 18.2 Å².